The van der Waals surface area contributed by atoms with Crippen molar-refractivity contribution in [2.45, 2.75) is 6.18 Å². The first-order chi connectivity index (χ1) is 15.1. The van der Waals surface area contributed by atoms with Crippen LogP contribution in [0.25, 0.3) is 17.4 Å². The van der Waals surface area contributed by atoms with Gasteiger partial charge in [-0.15, -0.1) is 0 Å². The molecule has 0 atom stereocenters. The standard InChI is InChI=1S/C23H17F3N2O2S2/c1-27(2)16-6-8-17(9-7-16)28-21(29)20(32-22(28)31)13-18-10-11-19(30-18)14-4-3-5-15(12-14)23(24,25)26/h3-13H,1-2H3/b20-13+. The number of nitrogens with zero attached hydrogens (tertiary/aromatic N) is 2. The first-order valence-corrected chi connectivity index (χ1v) is 10.7. The molecule has 1 fully saturated rings. The molecule has 164 valence electrons. The lowest BCUT2D eigenvalue weighted by atomic mass is 10.1. The molecule has 1 amide bonds. The lowest BCUT2D eigenvalue weighted by Crippen LogP contribution is -2.27. The van der Waals surface area contributed by atoms with Crippen LogP contribution in [0, 0.1) is 0 Å². The zero-order valence-electron chi connectivity index (χ0n) is 17.0. The van der Waals surface area contributed by atoms with Crippen LogP contribution in [0.3, 0.4) is 0 Å². The number of hydrogen-bond donors (Lipinski definition) is 0. The molecular formula is C23H17F3N2O2S2. The summed E-state index contributed by atoms with van der Waals surface area (Å²) in [6.07, 6.45) is -2.89. The molecule has 0 aliphatic carbocycles. The van der Waals surface area contributed by atoms with Crippen molar-refractivity contribution in [2.75, 3.05) is 23.9 Å². The Morgan fingerprint density at radius 1 is 1.06 bits per heavy atom. The number of halogens is 3. The van der Waals surface area contributed by atoms with E-state index >= 15 is 0 Å². The summed E-state index contributed by atoms with van der Waals surface area (Å²) >= 11 is 6.53. The molecule has 3 aromatic rings. The van der Waals surface area contributed by atoms with Gasteiger partial charge in [-0.25, -0.2) is 0 Å². The van der Waals surface area contributed by atoms with Crippen LogP contribution in [-0.4, -0.2) is 24.3 Å². The van der Waals surface area contributed by atoms with Crippen LogP contribution in [0.4, 0.5) is 24.5 Å². The number of alkyl halides is 3. The van der Waals surface area contributed by atoms with Crippen molar-refractivity contribution in [3.05, 3.63) is 76.9 Å². The van der Waals surface area contributed by atoms with Crippen LogP contribution < -0.4 is 9.80 Å². The van der Waals surface area contributed by atoms with Gasteiger partial charge >= 0.3 is 6.18 Å². The number of benzene rings is 2. The second kappa shape index (κ2) is 8.48. The Morgan fingerprint density at radius 3 is 2.44 bits per heavy atom. The van der Waals surface area contributed by atoms with Gasteiger partial charge in [-0.3, -0.25) is 9.69 Å². The average molecular weight is 475 g/mol. The fourth-order valence-corrected chi connectivity index (χ4v) is 4.43. The van der Waals surface area contributed by atoms with E-state index in [1.165, 1.54) is 17.0 Å². The summed E-state index contributed by atoms with van der Waals surface area (Å²) < 4.78 is 45.0. The zero-order valence-corrected chi connectivity index (χ0v) is 18.6. The van der Waals surface area contributed by atoms with Crippen LogP contribution in [0.1, 0.15) is 11.3 Å². The molecule has 4 rings (SSSR count). The molecule has 0 radical (unpaired) electrons. The highest BCUT2D eigenvalue weighted by Crippen LogP contribution is 2.37. The second-order valence-corrected chi connectivity index (χ2v) is 8.88. The van der Waals surface area contributed by atoms with E-state index in [1.807, 2.05) is 43.3 Å². The van der Waals surface area contributed by atoms with Crippen molar-refractivity contribution in [1.82, 2.24) is 0 Å². The Labute approximate surface area is 192 Å². The summed E-state index contributed by atoms with van der Waals surface area (Å²) in [5.41, 5.74) is 1.19. The molecule has 2 heterocycles. The summed E-state index contributed by atoms with van der Waals surface area (Å²) in [5, 5.41) is 0. The Hall–Kier alpha value is -3.04. The van der Waals surface area contributed by atoms with Gasteiger partial charge in [-0.05, 0) is 48.5 Å². The van der Waals surface area contributed by atoms with Crippen LogP contribution in [-0.2, 0) is 11.0 Å². The molecule has 1 aliphatic rings. The third-order valence-electron chi connectivity index (χ3n) is 4.79. The lowest BCUT2D eigenvalue weighted by Gasteiger charge is -2.17. The maximum absolute atomic E-state index is 13.0. The summed E-state index contributed by atoms with van der Waals surface area (Å²) in [5.74, 6) is 0.340. The molecule has 0 N–H and O–H groups in total. The highest BCUT2D eigenvalue weighted by atomic mass is 32.2. The van der Waals surface area contributed by atoms with Crippen LogP contribution in [0.2, 0.25) is 0 Å². The number of carbonyl (C=O) groups excluding carboxylic acids is 1. The SMILES string of the molecule is CN(C)c1ccc(N2C(=O)/C(=C\c3ccc(-c4cccc(C(F)(F)F)c4)o3)SC2=S)cc1. The molecule has 1 aliphatic heterocycles. The van der Waals surface area contributed by atoms with Gasteiger partial charge in [-0.1, -0.05) is 36.1 Å². The average Bonchev–Trinajstić information content (AvgIpc) is 3.32. The molecule has 0 saturated carbocycles. The van der Waals surface area contributed by atoms with Gasteiger partial charge in [0.2, 0.25) is 0 Å². The molecular weight excluding hydrogens is 457 g/mol. The molecule has 0 unspecified atom stereocenters. The molecule has 0 bridgehead atoms. The topological polar surface area (TPSA) is 36.7 Å². The molecule has 2 aromatic carbocycles. The Morgan fingerprint density at radius 2 is 1.78 bits per heavy atom. The summed E-state index contributed by atoms with van der Waals surface area (Å²) in [7, 11) is 3.85. The minimum Gasteiger partial charge on any atom is -0.457 e. The normalized spacial score (nSPS) is 15.7. The van der Waals surface area contributed by atoms with Crippen LogP contribution >= 0.6 is 24.0 Å². The minimum absolute atomic E-state index is 0.275. The first-order valence-electron chi connectivity index (χ1n) is 9.46. The predicted octanol–water partition coefficient (Wildman–Crippen LogP) is 6.44. The van der Waals surface area contributed by atoms with Crippen LogP contribution in [0.15, 0.2) is 70.0 Å². The van der Waals surface area contributed by atoms with E-state index in [-0.39, 0.29) is 11.7 Å². The van der Waals surface area contributed by atoms with E-state index in [2.05, 4.69) is 0 Å². The third-order valence-corrected chi connectivity index (χ3v) is 6.09. The van der Waals surface area contributed by atoms with E-state index in [0.29, 0.717) is 26.2 Å². The number of amides is 1. The largest absolute Gasteiger partial charge is 0.457 e. The van der Waals surface area contributed by atoms with E-state index in [1.54, 1.807) is 18.2 Å². The lowest BCUT2D eigenvalue weighted by molar-refractivity contribution is -0.137. The van der Waals surface area contributed by atoms with E-state index in [9.17, 15) is 18.0 Å². The smallest absolute Gasteiger partial charge is 0.416 e. The molecule has 1 saturated heterocycles. The number of thioether (sulfide) groups is 1. The molecule has 1 aromatic heterocycles. The molecule has 0 spiro atoms. The van der Waals surface area contributed by atoms with Gasteiger partial charge in [0.15, 0.2) is 4.32 Å². The fraction of sp³-hybridized carbons (Fsp3) is 0.130. The fourth-order valence-electron chi connectivity index (χ4n) is 3.15. The number of carbonyl (C=O) groups is 1. The maximum Gasteiger partial charge on any atom is 0.416 e. The van der Waals surface area contributed by atoms with Crippen molar-refractivity contribution < 1.29 is 22.4 Å². The summed E-state index contributed by atoms with van der Waals surface area (Å²) in [6.45, 7) is 0. The predicted molar refractivity (Wildman–Crippen MR) is 126 cm³/mol. The number of furan rings is 1. The molecule has 9 heteroatoms. The van der Waals surface area contributed by atoms with Crippen molar-refractivity contribution in [3.8, 4) is 11.3 Å². The Bertz CT molecular complexity index is 1210. The number of thiocarbonyl (C=S) groups is 1. The maximum atomic E-state index is 13.0. The number of rotatable bonds is 4. The minimum atomic E-state index is -4.44. The van der Waals surface area contributed by atoms with Gasteiger partial charge in [0, 0.05) is 31.4 Å². The van der Waals surface area contributed by atoms with Gasteiger partial charge in [-0.2, -0.15) is 13.2 Å². The van der Waals surface area contributed by atoms with E-state index < -0.39 is 11.7 Å². The summed E-state index contributed by atoms with van der Waals surface area (Å²) in [6, 6.07) is 15.5. The highest BCUT2D eigenvalue weighted by Gasteiger charge is 2.34. The molecule has 4 nitrogen and oxygen atoms in total. The van der Waals surface area contributed by atoms with E-state index in [4.69, 9.17) is 16.6 Å². The monoisotopic (exact) mass is 474 g/mol. The van der Waals surface area contributed by atoms with Crippen molar-refractivity contribution in [2.24, 2.45) is 0 Å². The summed E-state index contributed by atoms with van der Waals surface area (Å²) in [4.78, 5) is 16.7. The number of anilines is 2. The highest BCUT2D eigenvalue weighted by molar-refractivity contribution is 8.27. The van der Waals surface area contributed by atoms with Crippen molar-refractivity contribution in [3.63, 3.8) is 0 Å². The quantitative estimate of drug-likeness (QED) is 0.321. The van der Waals surface area contributed by atoms with Crippen molar-refractivity contribution in [1.29, 1.82) is 0 Å². The third kappa shape index (κ3) is 4.44. The Balaban J connectivity index is 1.57. The van der Waals surface area contributed by atoms with Gasteiger partial charge in [0.1, 0.15) is 11.5 Å². The number of hydrogen-bond acceptors (Lipinski definition) is 5. The van der Waals surface area contributed by atoms with Gasteiger partial charge in [0.25, 0.3) is 5.91 Å². The zero-order chi connectivity index (χ0) is 23.0. The van der Waals surface area contributed by atoms with E-state index in [0.717, 1.165) is 29.6 Å². The van der Waals surface area contributed by atoms with Gasteiger partial charge in [0.05, 0.1) is 16.2 Å². The second-order valence-electron chi connectivity index (χ2n) is 7.21. The first kappa shape index (κ1) is 22.2. The Kier molecular flexibility index (Phi) is 5.87. The van der Waals surface area contributed by atoms with Gasteiger partial charge < -0.3 is 9.32 Å². The molecule has 32 heavy (non-hydrogen) atoms. The van der Waals surface area contributed by atoms with Crippen LogP contribution in [0.5, 0.6) is 0 Å². The van der Waals surface area contributed by atoms with Crippen molar-refractivity contribution >= 4 is 51.7 Å².